The summed E-state index contributed by atoms with van der Waals surface area (Å²) in [5, 5.41) is 3.23. The van der Waals surface area contributed by atoms with Crippen molar-refractivity contribution >= 4 is 5.91 Å². The Bertz CT molecular complexity index is 599. The maximum absolute atomic E-state index is 12.3. The molecule has 1 saturated carbocycles. The minimum Gasteiger partial charge on any atom is -0.345 e. The van der Waals surface area contributed by atoms with Crippen molar-refractivity contribution in [3.05, 3.63) is 71.3 Å². The SMILES string of the molecule is Cc1ccc(C(NC(=O)C2CCC2)c2ccccc2)cc1. The molecule has 108 valence electrons. The number of carbonyl (C=O) groups excluding carboxylic acids is 1. The number of hydrogen-bond acceptors (Lipinski definition) is 1. The largest absolute Gasteiger partial charge is 0.345 e. The van der Waals surface area contributed by atoms with E-state index in [1.54, 1.807) is 0 Å². The highest BCUT2D eigenvalue weighted by Crippen LogP contribution is 2.29. The summed E-state index contributed by atoms with van der Waals surface area (Å²) in [5.41, 5.74) is 3.50. The van der Waals surface area contributed by atoms with Gasteiger partial charge < -0.3 is 5.32 Å². The first-order valence-electron chi connectivity index (χ1n) is 7.66. The molecule has 1 fully saturated rings. The first-order chi connectivity index (χ1) is 10.2. The molecule has 0 aliphatic heterocycles. The predicted molar refractivity (Wildman–Crippen MR) is 84.9 cm³/mol. The summed E-state index contributed by atoms with van der Waals surface area (Å²) >= 11 is 0. The highest BCUT2D eigenvalue weighted by molar-refractivity contribution is 5.80. The van der Waals surface area contributed by atoms with Gasteiger partial charge in [0, 0.05) is 5.92 Å². The molecule has 3 rings (SSSR count). The highest BCUT2D eigenvalue weighted by atomic mass is 16.2. The van der Waals surface area contributed by atoms with E-state index in [-0.39, 0.29) is 17.9 Å². The van der Waals surface area contributed by atoms with Crippen molar-refractivity contribution in [2.45, 2.75) is 32.2 Å². The lowest BCUT2D eigenvalue weighted by molar-refractivity contribution is -0.127. The van der Waals surface area contributed by atoms with Crippen molar-refractivity contribution in [2.75, 3.05) is 0 Å². The van der Waals surface area contributed by atoms with Crippen LogP contribution in [-0.2, 0) is 4.79 Å². The van der Waals surface area contributed by atoms with Crippen molar-refractivity contribution in [2.24, 2.45) is 5.92 Å². The normalized spacial score (nSPS) is 16.0. The molecular weight excluding hydrogens is 258 g/mol. The second kappa shape index (κ2) is 6.13. The molecule has 2 aromatic carbocycles. The van der Waals surface area contributed by atoms with E-state index in [1.165, 1.54) is 12.0 Å². The smallest absolute Gasteiger partial charge is 0.223 e. The predicted octanol–water partition coefficient (Wildman–Crippen LogP) is 4.00. The van der Waals surface area contributed by atoms with Crippen LogP contribution >= 0.6 is 0 Å². The Morgan fingerprint density at radius 1 is 1.00 bits per heavy atom. The molecule has 21 heavy (non-hydrogen) atoms. The number of rotatable bonds is 4. The van der Waals surface area contributed by atoms with Gasteiger partial charge in [0.2, 0.25) is 5.91 Å². The third-order valence-corrected chi connectivity index (χ3v) is 4.31. The van der Waals surface area contributed by atoms with Crippen molar-refractivity contribution in [3.8, 4) is 0 Å². The van der Waals surface area contributed by atoms with Crippen LogP contribution in [0, 0.1) is 12.8 Å². The van der Waals surface area contributed by atoms with Crippen LogP contribution in [0.5, 0.6) is 0 Å². The van der Waals surface area contributed by atoms with Gasteiger partial charge in [0.25, 0.3) is 0 Å². The minimum absolute atomic E-state index is 0.0556. The Hall–Kier alpha value is -2.09. The maximum Gasteiger partial charge on any atom is 0.223 e. The van der Waals surface area contributed by atoms with Gasteiger partial charge in [-0.25, -0.2) is 0 Å². The monoisotopic (exact) mass is 279 g/mol. The van der Waals surface area contributed by atoms with Gasteiger partial charge in [-0.3, -0.25) is 4.79 Å². The van der Waals surface area contributed by atoms with E-state index >= 15 is 0 Å². The number of aryl methyl sites for hydroxylation is 1. The summed E-state index contributed by atoms with van der Waals surface area (Å²) in [6.45, 7) is 2.08. The molecular formula is C19H21NO. The summed E-state index contributed by atoms with van der Waals surface area (Å²) in [6, 6.07) is 18.5. The van der Waals surface area contributed by atoms with Crippen LogP contribution in [0.2, 0.25) is 0 Å². The first kappa shape index (κ1) is 13.9. The van der Waals surface area contributed by atoms with E-state index in [4.69, 9.17) is 0 Å². The van der Waals surface area contributed by atoms with Gasteiger partial charge in [-0.2, -0.15) is 0 Å². The van der Waals surface area contributed by atoms with E-state index in [2.05, 4.69) is 48.6 Å². The lowest BCUT2D eigenvalue weighted by Gasteiger charge is -2.28. The number of benzene rings is 2. The fraction of sp³-hybridized carbons (Fsp3) is 0.316. The molecule has 0 radical (unpaired) electrons. The molecule has 1 aliphatic carbocycles. The van der Waals surface area contributed by atoms with E-state index in [0.717, 1.165) is 24.0 Å². The fourth-order valence-electron chi connectivity index (χ4n) is 2.69. The second-order valence-electron chi connectivity index (χ2n) is 5.89. The number of carbonyl (C=O) groups is 1. The molecule has 1 aliphatic rings. The van der Waals surface area contributed by atoms with Crippen LogP contribution in [0.15, 0.2) is 54.6 Å². The molecule has 0 aromatic heterocycles. The van der Waals surface area contributed by atoms with Gasteiger partial charge in [-0.05, 0) is 30.9 Å². The zero-order valence-electron chi connectivity index (χ0n) is 12.4. The van der Waals surface area contributed by atoms with Gasteiger partial charge in [0.05, 0.1) is 6.04 Å². The summed E-state index contributed by atoms with van der Waals surface area (Å²) in [6.07, 6.45) is 3.24. The van der Waals surface area contributed by atoms with Crippen LogP contribution in [0.1, 0.15) is 42.0 Å². The van der Waals surface area contributed by atoms with E-state index < -0.39 is 0 Å². The summed E-state index contributed by atoms with van der Waals surface area (Å²) < 4.78 is 0. The lowest BCUT2D eigenvalue weighted by Crippen LogP contribution is -2.37. The van der Waals surface area contributed by atoms with Crippen LogP contribution in [0.25, 0.3) is 0 Å². The van der Waals surface area contributed by atoms with Crippen molar-refractivity contribution in [3.63, 3.8) is 0 Å². The Balaban J connectivity index is 1.87. The van der Waals surface area contributed by atoms with Crippen molar-refractivity contribution in [1.29, 1.82) is 0 Å². The summed E-state index contributed by atoms with van der Waals surface area (Å²) in [4.78, 5) is 12.3. The van der Waals surface area contributed by atoms with Crippen LogP contribution in [0.4, 0.5) is 0 Å². The third-order valence-electron chi connectivity index (χ3n) is 4.31. The van der Waals surface area contributed by atoms with E-state index in [9.17, 15) is 4.79 Å². The minimum atomic E-state index is -0.0556. The van der Waals surface area contributed by atoms with Crippen LogP contribution in [0.3, 0.4) is 0 Å². The molecule has 1 amide bonds. The molecule has 2 nitrogen and oxygen atoms in total. The standard InChI is InChI=1S/C19H21NO/c1-14-10-12-16(13-11-14)18(15-6-3-2-4-7-15)20-19(21)17-8-5-9-17/h2-4,6-7,10-13,17-18H,5,8-9H2,1H3,(H,20,21). The van der Waals surface area contributed by atoms with Gasteiger partial charge in [-0.1, -0.05) is 66.6 Å². The molecule has 2 aromatic rings. The zero-order chi connectivity index (χ0) is 14.7. The van der Waals surface area contributed by atoms with Gasteiger partial charge in [-0.15, -0.1) is 0 Å². The number of nitrogens with one attached hydrogen (secondary N) is 1. The van der Waals surface area contributed by atoms with Gasteiger partial charge >= 0.3 is 0 Å². The Morgan fingerprint density at radius 2 is 1.62 bits per heavy atom. The van der Waals surface area contributed by atoms with Crippen LogP contribution < -0.4 is 5.32 Å². The fourth-order valence-corrected chi connectivity index (χ4v) is 2.69. The van der Waals surface area contributed by atoms with Crippen molar-refractivity contribution < 1.29 is 4.79 Å². The first-order valence-corrected chi connectivity index (χ1v) is 7.66. The Kier molecular flexibility index (Phi) is 4.05. The number of amides is 1. The number of hydrogen-bond donors (Lipinski definition) is 1. The molecule has 0 heterocycles. The summed E-state index contributed by atoms with van der Waals surface area (Å²) in [7, 11) is 0. The molecule has 0 bridgehead atoms. The highest BCUT2D eigenvalue weighted by Gasteiger charge is 2.27. The molecule has 0 spiro atoms. The molecule has 1 atom stereocenters. The molecule has 1 unspecified atom stereocenters. The van der Waals surface area contributed by atoms with Gasteiger partial charge in [0.1, 0.15) is 0 Å². The molecule has 0 saturated heterocycles. The molecule has 2 heteroatoms. The second-order valence-corrected chi connectivity index (χ2v) is 5.89. The quantitative estimate of drug-likeness (QED) is 0.900. The third kappa shape index (κ3) is 3.15. The van der Waals surface area contributed by atoms with Crippen LogP contribution in [-0.4, -0.2) is 5.91 Å². The van der Waals surface area contributed by atoms with Gasteiger partial charge in [0.15, 0.2) is 0 Å². The van der Waals surface area contributed by atoms with E-state index in [1.807, 2.05) is 18.2 Å². The Labute approximate surface area is 126 Å². The zero-order valence-corrected chi connectivity index (χ0v) is 12.4. The van der Waals surface area contributed by atoms with Crippen molar-refractivity contribution in [1.82, 2.24) is 5.32 Å². The average Bonchev–Trinajstić information content (AvgIpc) is 2.45. The van der Waals surface area contributed by atoms with E-state index in [0.29, 0.717) is 0 Å². The summed E-state index contributed by atoms with van der Waals surface area (Å²) in [5.74, 6) is 0.400. The maximum atomic E-state index is 12.3. The lowest BCUT2D eigenvalue weighted by atomic mass is 9.84. The topological polar surface area (TPSA) is 29.1 Å². The average molecular weight is 279 g/mol. The Morgan fingerprint density at radius 3 is 2.19 bits per heavy atom. The molecule has 1 N–H and O–H groups in total.